The number of benzene rings is 1. The van der Waals surface area contributed by atoms with Crippen molar-refractivity contribution < 1.29 is 14.4 Å². The number of likely N-dealkylation sites (tertiary alicyclic amines) is 2. The van der Waals surface area contributed by atoms with E-state index in [0.29, 0.717) is 42.8 Å². The van der Waals surface area contributed by atoms with Crippen LogP contribution >= 0.6 is 22.9 Å². The first-order valence-corrected chi connectivity index (χ1v) is 18.1. The van der Waals surface area contributed by atoms with Crippen molar-refractivity contribution >= 4 is 52.2 Å². The second-order valence-electron chi connectivity index (χ2n) is 13.6. The topological polar surface area (TPSA) is 105 Å². The van der Waals surface area contributed by atoms with Gasteiger partial charge in [-0.05, 0) is 80.6 Å². The molecule has 1 atom stereocenters. The number of nitrogens with one attached hydrogen (secondary N) is 1. The Labute approximate surface area is 281 Å². The van der Waals surface area contributed by atoms with Crippen molar-refractivity contribution in [3.05, 3.63) is 44.6 Å². The van der Waals surface area contributed by atoms with Gasteiger partial charge < -0.3 is 30.7 Å². The molecule has 4 aliphatic rings. The molecule has 0 radical (unpaired) electrons. The molecule has 3 N–H and O–H groups in total. The molecule has 1 aromatic heterocycles. The number of amides is 4. The summed E-state index contributed by atoms with van der Waals surface area (Å²) in [5.74, 6) is -0.413. The lowest BCUT2D eigenvalue weighted by atomic mass is 9.91. The first-order valence-electron chi connectivity index (χ1n) is 16.8. The van der Waals surface area contributed by atoms with Crippen molar-refractivity contribution in [1.82, 2.24) is 24.5 Å². The van der Waals surface area contributed by atoms with Gasteiger partial charge in [-0.25, -0.2) is 4.79 Å². The Morgan fingerprint density at radius 1 is 0.957 bits per heavy atom. The van der Waals surface area contributed by atoms with Crippen LogP contribution in [0.1, 0.15) is 48.8 Å². The molecule has 5 heterocycles. The van der Waals surface area contributed by atoms with Crippen molar-refractivity contribution in [2.45, 2.75) is 64.0 Å². The SMILES string of the molecule is Cc1cc(C[C@@H](CC(=O)N2CCC(N3CCc4cscc4NC3=O)CC2)C(=O)N2CCC(N3CCN(C)CC3)CC2)cc(Cl)c1N. The van der Waals surface area contributed by atoms with Gasteiger partial charge in [-0.2, -0.15) is 0 Å². The maximum atomic E-state index is 14.1. The summed E-state index contributed by atoms with van der Waals surface area (Å²) in [6.45, 7) is 9.54. The number of likely N-dealkylation sites (N-methyl/N-ethyl adjacent to an activating group) is 1. The minimum atomic E-state index is -0.472. The molecule has 4 aliphatic heterocycles. The van der Waals surface area contributed by atoms with Gasteiger partial charge in [0.15, 0.2) is 0 Å². The summed E-state index contributed by atoms with van der Waals surface area (Å²) in [5, 5.41) is 7.64. The van der Waals surface area contributed by atoms with Gasteiger partial charge in [0.2, 0.25) is 11.8 Å². The summed E-state index contributed by atoms with van der Waals surface area (Å²) in [5.41, 5.74) is 10.6. The van der Waals surface area contributed by atoms with E-state index in [1.165, 1.54) is 5.56 Å². The fourth-order valence-electron chi connectivity index (χ4n) is 7.64. The van der Waals surface area contributed by atoms with Gasteiger partial charge in [0.25, 0.3) is 0 Å². The van der Waals surface area contributed by atoms with Crippen molar-refractivity contribution in [3.8, 4) is 0 Å². The zero-order valence-electron chi connectivity index (χ0n) is 27.2. The second kappa shape index (κ2) is 14.5. The van der Waals surface area contributed by atoms with E-state index in [-0.39, 0.29) is 30.3 Å². The van der Waals surface area contributed by atoms with Crippen LogP contribution in [0.2, 0.25) is 5.02 Å². The molecule has 0 saturated carbocycles. The molecule has 3 fully saturated rings. The van der Waals surface area contributed by atoms with E-state index >= 15 is 0 Å². The van der Waals surface area contributed by atoms with Gasteiger partial charge in [0, 0.05) is 82.8 Å². The number of halogens is 1. The molecular formula is C34H48ClN7O3S. The molecule has 0 bridgehead atoms. The number of rotatable bonds is 7. The average Bonchev–Trinajstić information content (AvgIpc) is 3.43. The zero-order chi connectivity index (χ0) is 32.4. The fourth-order valence-corrected chi connectivity index (χ4v) is 8.76. The van der Waals surface area contributed by atoms with Crippen molar-refractivity contribution in [3.63, 3.8) is 0 Å². The highest BCUT2D eigenvalue weighted by Crippen LogP contribution is 2.30. The highest BCUT2D eigenvalue weighted by molar-refractivity contribution is 7.08. The highest BCUT2D eigenvalue weighted by Gasteiger charge is 2.35. The number of hydrogen-bond donors (Lipinski definition) is 2. The normalized spacial score (nSPS) is 21.5. The summed E-state index contributed by atoms with van der Waals surface area (Å²) < 4.78 is 0. The monoisotopic (exact) mass is 669 g/mol. The van der Waals surface area contributed by atoms with Gasteiger partial charge in [0.05, 0.1) is 22.3 Å². The number of fused-ring (bicyclic) bond motifs is 1. The number of urea groups is 1. The number of nitrogens with zero attached hydrogens (tertiary/aromatic N) is 5. The lowest BCUT2D eigenvalue weighted by molar-refractivity contribution is -0.143. The third-order valence-corrected chi connectivity index (χ3v) is 11.7. The third-order valence-electron chi connectivity index (χ3n) is 10.6. The van der Waals surface area contributed by atoms with Crippen LogP contribution in [0.3, 0.4) is 0 Å². The van der Waals surface area contributed by atoms with Crippen molar-refractivity contribution in [2.75, 3.05) is 77.0 Å². The van der Waals surface area contributed by atoms with Crippen molar-refractivity contribution in [1.29, 1.82) is 0 Å². The first kappa shape index (κ1) is 33.1. The smallest absolute Gasteiger partial charge is 0.322 e. The summed E-state index contributed by atoms with van der Waals surface area (Å²) in [6, 6.07) is 4.38. The van der Waals surface area contributed by atoms with Crippen LogP contribution in [0.15, 0.2) is 22.9 Å². The summed E-state index contributed by atoms with van der Waals surface area (Å²) in [6.07, 6.45) is 4.84. The van der Waals surface area contributed by atoms with Crippen LogP contribution in [-0.4, -0.2) is 120 Å². The number of thiophene rings is 1. The van der Waals surface area contributed by atoms with Gasteiger partial charge in [-0.1, -0.05) is 17.7 Å². The zero-order valence-corrected chi connectivity index (χ0v) is 28.8. The van der Waals surface area contributed by atoms with Crippen LogP contribution in [0, 0.1) is 12.8 Å². The minimum absolute atomic E-state index is 0.00423. The molecule has 46 heavy (non-hydrogen) atoms. The van der Waals surface area contributed by atoms with E-state index in [0.717, 1.165) is 88.2 Å². The Bertz CT molecular complexity index is 1390. The van der Waals surface area contributed by atoms with Gasteiger partial charge in [0.1, 0.15) is 0 Å². The van der Waals surface area contributed by atoms with E-state index in [2.05, 4.69) is 27.5 Å². The molecule has 12 heteroatoms. The molecule has 250 valence electrons. The van der Waals surface area contributed by atoms with Crippen LogP contribution in [0.4, 0.5) is 16.2 Å². The van der Waals surface area contributed by atoms with Crippen LogP contribution in [-0.2, 0) is 22.4 Å². The molecule has 10 nitrogen and oxygen atoms in total. The molecule has 4 amide bonds. The van der Waals surface area contributed by atoms with Crippen LogP contribution in [0.5, 0.6) is 0 Å². The summed E-state index contributed by atoms with van der Waals surface area (Å²) >= 11 is 8.05. The van der Waals surface area contributed by atoms with Crippen LogP contribution in [0.25, 0.3) is 0 Å². The Balaban J connectivity index is 1.08. The lowest BCUT2D eigenvalue weighted by Gasteiger charge is -2.42. The predicted molar refractivity (Wildman–Crippen MR) is 184 cm³/mol. The maximum Gasteiger partial charge on any atom is 0.322 e. The quantitative estimate of drug-likeness (QED) is 0.429. The molecule has 0 spiro atoms. The number of piperidine rings is 2. The Hall–Kier alpha value is -2.86. The molecule has 0 unspecified atom stereocenters. The second-order valence-corrected chi connectivity index (χ2v) is 14.8. The highest BCUT2D eigenvalue weighted by atomic mass is 35.5. The van der Waals surface area contributed by atoms with Crippen LogP contribution < -0.4 is 11.1 Å². The number of nitrogen functional groups attached to an aromatic ring is 1. The Morgan fingerprint density at radius 2 is 1.63 bits per heavy atom. The molecule has 1 aromatic carbocycles. The Morgan fingerprint density at radius 3 is 2.33 bits per heavy atom. The fraction of sp³-hybridized carbons (Fsp3) is 0.618. The number of carbonyl (C=O) groups excluding carboxylic acids is 3. The minimum Gasteiger partial charge on any atom is -0.397 e. The number of carbonyl (C=O) groups is 3. The number of nitrogens with two attached hydrogens (primary N) is 1. The predicted octanol–water partition coefficient (Wildman–Crippen LogP) is 4.16. The number of hydrogen-bond acceptors (Lipinski definition) is 7. The molecular weight excluding hydrogens is 622 g/mol. The number of piperazine rings is 1. The molecule has 3 saturated heterocycles. The number of anilines is 2. The van der Waals surface area contributed by atoms with Crippen molar-refractivity contribution in [2.24, 2.45) is 5.92 Å². The van der Waals surface area contributed by atoms with Gasteiger partial charge >= 0.3 is 6.03 Å². The first-order chi connectivity index (χ1) is 22.2. The van der Waals surface area contributed by atoms with E-state index in [1.54, 1.807) is 11.3 Å². The van der Waals surface area contributed by atoms with E-state index < -0.39 is 5.92 Å². The summed E-state index contributed by atoms with van der Waals surface area (Å²) in [7, 11) is 2.17. The van der Waals surface area contributed by atoms with E-state index in [9.17, 15) is 14.4 Å². The van der Waals surface area contributed by atoms with Gasteiger partial charge in [-0.3, -0.25) is 14.5 Å². The maximum absolute atomic E-state index is 14.1. The van der Waals surface area contributed by atoms with E-state index in [1.807, 2.05) is 39.1 Å². The third kappa shape index (κ3) is 7.48. The lowest BCUT2D eigenvalue weighted by Crippen LogP contribution is -2.53. The number of aryl methyl sites for hydroxylation is 1. The molecule has 0 aliphatic carbocycles. The van der Waals surface area contributed by atoms with E-state index in [4.69, 9.17) is 17.3 Å². The average molecular weight is 670 g/mol. The molecule has 2 aromatic rings. The summed E-state index contributed by atoms with van der Waals surface area (Å²) in [4.78, 5) is 51.7. The molecule has 6 rings (SSSR count). The Kier molecular flexibility index (Phi) is 10.4. The standard InChI is InChI=1S/C34H48ClN7O3S/c1-23-17-24(19-29(35)32(23)36)18-26(33(44)41-10-4-27(5-11-41)39-15-13-38(2)14-16-39)20-31(43)40-8-6-28(7-9-40)42-12-3-25-21-46-22-30(25)37-34(42)45/h17,19,21-22,26-28H,3-16,18,20,36H2,1-2H3,(H,37,45)/t26-/m0/s1. The van der Waals surface area contributed by atoms with Gasteiger partial charge in [-0.15, -0.1) is 11.3 Å². The largest absolute Gasteiger partial charge is 0.397 e.